The van der Waals surface area contributed by atoms with Gasteiger partial charge in [0.25, 0.3) is 0 Å². The third-order valence-corrected chi connectivity index (χ3v) is 2.00. The van der Waals surface area contributed by atoms with Crippen LogP contribution in [0.25, 0.3) is 0 Å². The Balaban J connectivity index is 2.52. The Morgan fingerprint density at radius 3 is 2.56 bits per heavy atom. The summed E-state index contributed by atoms with van der Waals surface area (Å²) in [7, 11) is 0. The molecule has 0 spiro atoms. The average molecular weight is 225 g/mol. The van der Waals surface area contributed by atoms with E-state index in [1.165, 1.54) is 0 Å². The standard InChI is InChI=1S/C11H15NO4/c13-6-7-16-11(15)12-10(8-14)9-4-2-1-3-5-9/h1-5,10,13-14H,6-8H2,(H,12,15)/t10-/m1/s1. The van der Waals surface area contributed by atoms with Gasteiger partial charge in [-0.3, -0.25) is 0 Å². The molecule has 1 aromatic carbocycles. The van der Waals surface area contributed by atoms with Crippen LogP contribution in [0.5, 0.6) is 0 Å². The number of nitrogens with one attached hydrogen (secondary N) is 1. The first-order valence-corrected chi connectivity index (χ1v) is 4.98. The van der Waals surface area contributed by atoms with Crippen molar-refractivity contribution in [1.29, 1.82) is 0 Å². The summed E-state index contributed by atoms with van der Waals surface area (Å²) in [6.07, 6.45) is -0.656. The number of carbonyl (C=O) groups excluding carboxylic acids is 1. The lowest BCUT2D eigenvalue weighted by Crippen LogP contribution is -2.31. The van der Waals surface area contributed by atoms with Gasteiger partial charge in [0.2, 0.25) is 0 Å². The molecular weight excluding hydrogens is 210 g/mol. The molecule has 0 aromatic heterocycles. The normalized spacial score (nSPS) is 11.9. The molecule has 16 heavy (non-hydrogen) atoms. The molecule has 0 heterocycles. The molecule has 0 radical (unpaired) electrons. The molecule has 1 aromatic rings. The smallest absolute Gasteiger partial charge is 0.407 e. The van der Waals surface area contributed by atoms with Crippen molar-refractivity contribution in [1.82, 2.24) is 5.32 Å². The Hall–Kier alpha value is -1.59. The number of amides is 1. The van der Waals surface area contributed by atoms with Crippen LogP contribution < -0.4 is 5.32 Å². The number of aliphatic hydroxyl groups is 2. The topological polar surface area (TPSA) is 78.8 Å². The molecule has 5 heteroatoms. The summed E-state index contributed by atoms with van der Waals surface area (Å²) in [5, 5.41) is 20.1. The van der Waals surface area contributed by atoms with E-state index in [1.54, 1.807) is 12.1 Å². The van der Waals surface area contributed by atoms with Crippen molar-refractivity contribution in [2.45, 2.75) is 6.04 Å². The first kappa shape index (κ1) is 12.5. The van der Waals surface area contributed by atoms with Gasteiger partial charge in [-0.1, -0.05) is 30.3 Å². The third-order valence-electron chi connectivity index (χ3n) is 2.00. The second-order valence-corrected chi connectivity index (χ2v) is 3.15. The largest absolute Gasteiger partial charge is 0.447 e. The van der Waals surface area contributed by atoms with Gasteiger partial charge in [-0.05, 0) is 5.56 Å². The van der Waals surface area contributed by atoms with Crippen LogP contribution in [0.2, 0.25) is 0 Å². The minimum absolute atomic E-state index is 0.0568. The molecular formula is C11H15NO4. The molecule has 0 saturated heterocycles. The quantitative estimate of drug-likeness (QED) is 0.679. The Bertz CT molecular complexity index is 315. The third kappa shape index (κ3) is 3.88. The van der Waals surface area contributed by atoms with Crippen molar-refractivity contribution in [3.8, 4) is 0 Å². The monoisotopic (exact) mass is 225 g/mol. The summed E-state index contributed by atoms with van der Waals surface area (Å²) in [5.74, 6) is 0. The van der Waals surface area contributed by atoms with Gasteiger partial charge in [0.15, 0.2) is 0 Å². The van der Waals surface area contributed by atoms with Crippen molar-refractivity contribution in [2.75, 3.05) is 19.8 Å². The maximum Gasteiger partial charge on any atom is 0.407 e. The summed E-state index contributed by atoms with van der Waals surface area (Å²) in [5.41, 5.74) is 0.797. The Labute approximate surface area is 93.7 Å². The fourth-order valence-electron chi connectivity index (χ4n) is 1.24. The average Bonchev–Trinajstić information content (AvgIpc) is 2.34. The van der Waals surface area contributed by atoms with Crippen molar-refractivity contribution < 1.29 is 19.7 Å². The van der Waals surface area contributed by atoms with Crippen LogP contribution in [0.3, 0.4) is 0 Å². The molecule has 0 aliphatic rings. The predicted octanol–water partition coefficient (Wildman–Crippen LogP) is 0.439. The molecule has 88 valence electrons. The lowest BCUT2D eigenvalue weighted by molar-refractivity contribution is 0.112. The van der Waals surface area contributed by atoms with E-state index in [1.807, 2.05) is 18.2 Å². The van der Waals surface area contributed by atoms with Crippen LogP contribution in [-0.2, 0) is 4.74 Å². The van der Waals surface area contributed by atoms with Gasteiger partial charge in [-0.25, -0.2) is 4.79 Å². The van der Waals surface area contributed by atoms with E-state index in [4.69, 9.17) is 10.2 Å². The molecule has 0 aliphatic carbocycles. The van der Waals surface area contributed by atoms with Gasteiger partial charge in [-0.15, -0.1) is 0 Å². The fourth-order valence-corrected chi connectivity index (χ4v) is 1.24. The minimum atomic E-state index is -0.656. The summed E-state index contributed by atoms with van der Waals surface area (Å²) in [6, 6.07) is 8.59. The van der Waals surface area contributed by atoms with Gasteiger partial charge in [0.05, 0.1) is 19.3 Å². The summed E-state index contributed by atoms with van der Waals surface area (Å²) in [6.45, 7) is -0.487. The van der Waals surface area contributed by atoms with Crippen LogP contribution in [0.15, 0.2) is 30.3 Å². The highest BCUT2D eigenvalue weighted by Crippen LogP contribution is 2.11. The minimum Gasteiger partial charge on any atom is -0.447 e. The maximum atomic E-state index is 11.2. The highest BCUT2D eigenvalue weighted by atomic mass is 16.6. The van der Waals surface area contributed by atoms with Gasteiger partial charge < -0.3 is 20.3 Å². The van der Waals surface area contributed by atoms with Gasteiger partial charge >= 0.3 is 6.09 Å². The van der Waals surface area contributed by atoms with Gasteiger partial charge in [-0.2, -0.15) is 0 Å². The first-order chi connectivity index (χ1) is 7.77. The lowest BCUT2D eigenvalue weighted by atomic mass is 10.1. The summed E-state index contributed by atoms with van der Waals surface area (Å²) < 4.78 is 4.63. The Morgan fingerprint density at radius 2 is 2.00 bits per heavy atom. The fraction of sp³-hybridized carbons (Fsp3) is 0.364. The van der Waals surface area contributed by atoms with Gasteiger partial charge in [0.1, 0.15) is 6.61 Å². The second-order valence-electron chi connectivity index (χ2n) is 3.15. The van der Waals surface area contributed by atoms with Crippen molar-refractivity contribution in [2.24, 2.45) is 0 Å². The lowest BCUT2D eigenvalue weighted by Gasteiger charge is -2.16. The second kappa shape index (κ2) is 6.81. The van der Waals surface area contributed by atoms with Crippen LogP contribution in [-0.4, -0.2) is 36.1 Å². The molecule has 0 bridgehead atoms. The molecule has 0 aliphatic heterocycles. The highest BCUT2D eigenvalue weighted by molar-refractivity contribution is 5.67. The first-order valence-electron chi connectivity index (χ1n) is 4.98. The number of carbonyl (C=O) groups is 1. The Morgan fingerprint density at radius 1 is 1.31 bits per heavy atom. The zero-order valence-corrected chi connectivity index (χ0v) is 8.80. The molecule has 0 fully saturated rings. The maximum absolute atomic E-state index is 11.2. The molecule has 1 atom stereocenters. The van der Waals surface area contributed by atoms with Crippen LogP contribution in [0, 0.1) is 0 Å². The molecule has 0 saturated carbocycles. The number of hydrogen-bond acceptors (Lipinski definition) is 4. The van der Waals surface area contributed by atoms with E-state index in [2.05, 4.69) is 10.1 Å². The summed E-state index contributed by atoms with van der Waals surface area (Å²) >= 11 is 0. The number of benzene rings is 1. The number of alkyl carbamates (subject to hydrolysis) is 1. The van der Waals surface area contributed by atoms with Crippen molar-refractivity contribution in [3.63, 3.8) is 0 Å². The Kier molecular flexibility index (Phi) is 5.31. The van der Waals surface area contributed by atoms with E-state index in [0.717, 1.165) is 5.56 Å². The number of rotatable bonds is 5. The van der Waals surface area contributed by atoms with E-state index in [0.29, 0.717) is 0 Å². The van der Waals surface area contributed by atoms with Crippen molar-refractivity contribution >= 4 is 6.09 Å². The molecule has 5 nitrogen and oxygen atoms in total. The number of ether oxygens (including phenoxy) is 1. The highest BCUT2D eigenvalue weighted by Gasteiger charge is 2.13. The van der Waals surface area contributed by atoms with Crippen LogP contribution in [0.4, 0.5) is 4.79 Å². The molecule has 1 amide bonds. The molecule has 0 unspecified atom stereocenters. The van der Waals surface area contributed by atoms with Crippen molar-refractivity contribution in [3.05, 3.63) is 35.9 Å². The predicted molar refractivity (Wildman–Crippen MR) is 57.8 cm³/mol. The summed E-state index contributed by atoms with van der Waals surface area (Å²) in [4.78, 5) is 11.2. The number of aliphatic hydroxyl groups excluding tert-OH is 2. The van der Waals surface area contributed by atoms with Crippen LogP contribution >= 0.6 is 0 Å². The zero-order valence-electron chi connectivity index (χ0n) is 8.80. The molecule has 1 rings (SSSR count). The molecule has 3 N–H and O–H groups in total. The number of hydrogen-bond donors (Lipinski definition) is 3. The van der Waals surface area contributed by atoms with Gasteiger partial charge in [0, 0.05) is 0 Å². The zero-order chi connectivity index (χ0) is 11.8. The van der Waals surface area contributed by atoms with E-state index in [9.17, 15) is 4.79 Å². The van der Waals surface area contributed by atoms with E-state index < -0.39 is 12.1 Å². The van der Waals surface area contributed by atoms with E-state index in [-0.39, 0.29) is 19.8 Å². The van der Waals surface area contributed by atoms with Crippen LogP contribution in [0.1, 0.15) is 11.6 Å². The van der Waals surface area contributed by atoms with E-state index >= 15 is 0 Å². The SMILES string of the molecule is O=C(N[C@H](CO)c1ccccc1)OCCO.